The van der Waals surface area contributed by atoms with Crippen LogP contribution in [-0.4, -0.2) is 21.5 Å². The standard InChI is InChI=1S/C13H17ClN2O4/c1-3-6-13(2,12(17)18)15-8-9-4-5-10(16(19)20)7-11(9)14/h4-5,7,15H,3,6,8H2,1-2H3,(H,17,18). The molecule has 6 nitrogen and oxygen atoms in total. The van der Waals surface area contributed by atoms with E-state index in [0.717, 1.165) is 6.42 Å². The first-order valence-corrected chi connectivity index (χ1v) is 6.59. The number of benzene rings is 1. The lowest BCUT2D eigenvalue weighted by Crippen LogP contribution is -2.48. The van der Waals surface area contributed by atoms with Crippen LogP contribution in [0.15, 0.2) is 18.2 Å². The van der Waals surface area contributed by atoms with Crippen molar-refractivity contribution in [1.82, 2.24) is 5.32 Å². The number of carboxylic acid groups (broad SMARTS) is 1. The van der Waals surface area contributed by atoms with Gasteiger partial charge in [0.05, 0.1) is 9.95 Å². The van der Waals surface area contributed by atoms with Crippen LogP contribution in [0.4, 0.5) is 5.69 Å². The van der Waals surface area contributed by atoms with Crippen LogP contribution in [0.5, 0.6) is 0 Å². The number of nitrogens with one attached hydrogen (secondary N) is 1. The summed E-state index contributed by atoms with van der Waals surface area (Å²) in [7, 11) is 0. The van der Waals surface area contributed by atoms with Gasteiger partial charge < -0.3 is 5.11 Å². The molecule has 1 atom stereocenters. The number of aliphatic carboxylic acids is 1. The number of hydrogen-bond acceptors (Lipinski definition) is 4. The molecule has 1 aromatic carbocycles. The van der Waals surface area contributed by atoms with Crippen LogP contribution in [0.25, 0.3) is 0 Å². The molecule has 0 fully saturated rings. The van der Waals surface area contributed by atoms with Gasteiger partial charge >= 0.3 is 5.97 Å². The van der Waals surface area contributed by atoms with E-state index in [-0.39, 0.29) is 17.3 Å². The van der Waals surface area contributed by atoms with Crippen LogP contribution in [0.3, 0.4) is 0 Å². The predicted octanol–water partition coefficient (Wildman–Crippen LogP) is 2.98. The van der Waals surface area contributed by atoms with Gasteiger partial charge in [-0.1, -0.05) is 24.9 Å². The largest absolute Gasteiger partial charge is 0.480 e. The molecule has 20 heavy (non-hydrogen) atoms. The van der Waals surface area contributed by atoms with E-state index in [4.69, 9.17) is 11.6 Å². The second-order valence-corrected chi connectivity index (χ2v) is 5.18. The van der Waals surface area contributed by atoms with E-state index in [9.17, 15) is 20.0 Å². The number of halogens is 1. The number of non-ortho nitro benzene ring substituents is 1. The second kappa shape index (κ2) is 6.67. The van der Waals surface area contributed by atoms with Crippen molar-refractivity contribution < 1.29 is 14.8 Å². The third-order valence-electron chi connectivity index (χ3n) is 3.14. The molecule has 1 unspecified atom stereocenters. The van der Waals surface area contributed by atoms with E-state index in [0.29, 0.717) is 12.0 Å². The van der Waals surface area contributed by atoms with Crippen molar-refractivity contribution in [2.75, 3.05) is 0 Å². The van der Waals surface area contributed by atoms with Gasteiger partial charge in [0, 0.05) is 18.7 Å². The molecule has 0 radical (unpaired) electrons. The number of nitrogens with zero attached hydrogens (tertiary/aromatic N) is 1. The maximum Gasteiger partial charge on any atom is 0.323 e. The minimum atomic E-state index is -1.04. The van der Waals surface area contributed by atoms with Crippen molar-refractivity contribution in [3.8, 4) is 0 Å². The van der Waals surface area contributed by atoms with E-state index < -0.39 is 16.4 Å². The quantitative estimate of drug-likeness (QED) is 0.596. The van der Waals surface area contributed by atoms with E-state index in [1.54, 1.807) is 6.92 Å². The Labute approximate surface area is 121 Å². The Morgan fingerprint density at radius 1 is 1.55 bits per heavy atom. The van der Waals surface area contributed by atoms with Gasteiger partial charge in [-0.25, -0.2) is 0 Å². The molecule has 0 aromatic heterocycles. The number of hydrogen-bond donors (Lipinski definition) is 2. The lowest BCUT2D eigenvalue weighted by atomic mass is 9.96. The molecule has 1 aromatic rings. The zero-order valence-corrected chi connectivity index (χ0v) is 12.1. The number of nitro benzene ring substituents is 1. The normalized spacial score (nSPS) is 13.8. The molecule has 0 spiro atoms. The Morgan fingerprint density at radius 2 is 2.20 bits per heavy atom. The van der Waals surface area contributed by atoms with Gasteiger partial charge in [-0.3, -0.25) is 20.2 Å². The Balaban J connectivity index is 2.84. The summed E-state index contributed by atoms with van der Waals surface area (Å²) in [6, 6.07) is 4.14. The Hall–Kier alpha value is -1.66. The fraction of sp³-hybridized carbons (Fsp3) is 0.462. The molecule has 1 rings (SSSR count). The van der Waals surface area contributed by atoms with Crippen molar-refractivity contribution in [2.24, 2.45) is 0 Å². The smallest absolute Gasteiger partial charge is 0.323 e. The summed E-state index contributed by atoms with van der Waals surface area (Å²) < 4.78 is 0. The molecule has 0 heterocycles. The summed E-state index contributed by atoms with van der Waals surface area (Å²) in [4.78, 5) is 21.4. The molecule has 7 heteroatoms. The maximum atomic E-state index is 11.3. The summed E-state index contributed by atoms with van der Waals surface area (Å²) in [6.07, 6.45) is 1.21. The number of carboxylic acids is 1. The zero-order chi connectivity index (χ0) is 15.3. The number of rotatable bonds is 7. The molecule has 110 valence electrons. The molecular weight excluding hydrogens is 284 g/mol. The third kappa shape index (κ3) is 3.91. The van der Waals surface area contributed by atoms with Gasteiger partial charge in [-0.05, 0) is 25.0 Å². The van der Waals surface area contributed by atoms with Gasteiger partial charge in [0.15, 0.2) is 0 Å². The van der Waals surface area contributed by atoms with Crippen LogP contribution >= 0.6 is 11.6 Å². The van der Waals surface area contributed by atoms with Gasteiger partial charge in [-0.15, -0.1) is 0 Å². The molecule has 0 bridgehead atoms. The molecule has 0 aliphatic rings. The average Bonchev–Trinajstić information content (AvgIpc) is 2.37. The van der Waals surface area contributed by atoms with Gasteiger partial charge in [-0.2, -0.15) is 0 Å². The monoisotopic (exact) mass is 300 g/mol. The zero-order valence-electron chi connectivity index (χ0n) is 11.4. The van der Waals surface area contributed by atoms with Crippen molar-refractivity contribution in [1.29, 1.82) is 0 Å². The van der Waals surface area contributed by atoms with Crippen molar-refractivity contribution in [2.45, 2.75) is 38.8 Å². The first-order valence-electron chi connectivity index (χ1n) is 6.21. The summed E-state index contributed by atoms with van der Waals surface area (Å²) >= 11 is 5.97. The molecule has 0 aliphatic heterocycles. The molecule has 0 saturated carbocycles. The number of carbonyl (C=O) groups is 1. The molecule has 0 aliphatic carbocycles. The minimum absolute atomic E-state index is 0.0895. The molecular formula is C13H17ClN2O4. The Morgan fingerprint density at radius 3 is 2.65 bits per heavy atom. The van der Waals surface area contributed by atoms with Gasteiger partial charge in [0.2, 0.25) is 0 Å². The van der Waals surface area contributed by atoms with Crippen molar-refractivity contribution in [3.05, 3.63) is 38.9 Å². The topological polar surface area (TPSA) is 92.5 Å². The van der Waals surface area contributed by atoms with E-state index >= 15 is 0 Å². The number of nitro groups is 1. The van der Waals surface area contributed by atoms with Crippen LogP contribution < -0.4 is 5.32 Å². The van der Waals surface area contributed by atoms with E-state index in [1.807, 2.05) is 6.92 Å². The summed E-state index contributed by atoms with van der Waals surface area (Å²) in [5, 5.41) is 23.0. The third-order valence-corrected chi connectivity index (χ3v) is 3.49. The van der Waals surface area contributed by atoms with Crippen LogP contribution in [-0.2, 0) is 11.3 Å². The van der Waals surface area contributed by atoms with E-state index in [2.05, 4.69) is 5.32 Å². The fourth-order valence-electron chi connectivity index (χ4n) is 1.85. The van der Waals surface area contributed by atoms with Crippen LogP contribution in [0, 0.1) is 10.1 Å². The maximum absolute atomic E-state index is 11.3. The van der Waals surface area contributed by atoms with Crippen LogP contribution in [0.2, 0.25) is 5.02 Å². The second-order valence-electron chi connectivity index (χ2n) is 4.77. The van der Waals surface area contributed by atoms with E-state index in [1.165, 1.54) is 18.2 Å². The van der Waals surface area contributed by atoms with Crippen LogP contribution in [0.1, 0.15) is 32.3 Å². The highest BCUT2D eigenvalue weighted by Gasteiger charge is 2.31. The van der Waals surface area contributed by atoms with Crippen molar-refractivity contribution in [3.63, 3.8) is 0 Å². The molecule has 2 N–H and O–H groups in total. The predicted molar refractivity (Wildman–Crippen MR) is 75.9 cm³/mol. The highest BCUT2D eigenvalue weighted by atomic mass is 35.5. The van der Waals surface area contributed by atoms with Crippen molar-refractivity contribution >= 4 is 23.3 Å². The SMILES string of the molecule is CCCC(C)(NCc1ccc([N+](=O)[O-])cc1Cl)C(=O)O. The average molecular weight is 301 g/mol. The van der Waals surface area contributed by atoms with Gasteiger partial charge in [0.25, 0.3) is 5.69 Å². The summed E-state index contributed by atoms with van der Waals surface area (Å²) in [5.41, 5.74) is -0.506. The highest BCUT2D eigenvalue weighted by Crippen LogP contribution is 2.23. The minimum Gasteiger partial charge on any atom is -0.480 e. The molecule has 0 saturated heterocycles. The lowest BCUT2D eigenvalue weighted by Gasteiger charge is -2.26. The first kappa shape index (κ1) is 16.4. The molecule has 0 amide bonds. The Kier molecular flexibility index (Phi) is 5.47. The lowest BCUT2D eigenvalue weighted by molar-refractivity contribution is -0.384. The van der Waals surface area contributed by atoms with Gasteiger partial charge in [0.1, 0.15) is 5.54 Å². The summed E-state index contributed by atoms with van der Waals surface area (Å²) in [5.74, 6) is -0.933. The fourth-order valence-corrected chi connectivity index (χ4v) is 2.10. The first-order chi connectivity index (χ1) is 9.30. The highest BCUT2D eigenvalue weighted by molar-refractivity contribution is 6.31. The Bertz CT molecular complexity index is 521. The summed E-state index contributed by atoms with van der Waals surface area (Å²) in [6.45, 7) is 3.75.